The number of aliphatic carboxylic acids is 1. The van der Waals surface area contributed by atoms with Crippen molar-refractivity contribution < 1.29 is 19.4 Å². The highest BCUT2D eigenvalue weighted by Crippen LogP contribution is 2.15. The highest BCUT2D eigenvalue weighted by molar-refractivity contribution is 5.83. The van der Waals surface area contributed by atoms with Crippen LogP contribution < -0.4 is 5.32 Å². The predicted molar refractivity (Wildman–Crippen MR) is 94.4 cm³/mol. The minimum absolute atomic E-state index is 0.0266. The van der Waals surface area contributed by atoms with E-state index in [1.54, 1.807) is 0 Å². The fourth-order valence-electron chi connectivity index (χ4n) is 2.52. The zero-order valence-corrected chi connectivity index (χ0v) is 13.8. The summed E-state index contributed by atoms with van der Waals surface area (Å²) in [6.45, 7) is 0.0649. The molecule has 3 rings (SSSR count). The molecule has 0 spiro atoms. The summed E-state index contributed by atoms with van der Waals surface area (Å²) in [5.74, 6) is -1.16. The molecule has 1 amide bonds. The number of benzene rings is 2. The van der Waals surface area contributed by atoms with Crippen molar-refractivity contribution in [2.75, 3.05) is 0 Å². The smallest absolute Gasteiger partial charge is 0.408 e. The van der Waals surface area contributed by atoms with E-state index in [0.717, 1.165) is 10.9 Å². The van der Waals surface area contributed by atoms with Crippen LogP contribution in [-0.4, -0.2) is 33.2 Å². The summed E-state index contributed by atoms with van der Waals surface area (Å²) in [5.41, 5.74) is 2.08. The van der Waals surface area contributed by atoms with Crippen molar-refractivity contribution in [1.29, 1.82) is 0 Å². The highest BCUT2D eigenvalue weighted by Gasteiger charge is 2.23. The van der Waals surface area contributed by atoms with Crippen LogP contribution in [0.5, 0.6) is 0 Å². The molecule has 0 radical (unpaired) electrons. The first kappa shape index (κ1) is 17.3. The van der Waals surface area contributed by atoms with E-state index in [0.29, 0.717) is 11.2 Å². The minimum Gasteiger partial charge on any atom is -0.480 e. The fraction of sp³-hybridized carbons (Fsp3) is 0.158. The molecule has 1 aromatic heterocycles. The summed E-state index contributed by atoms with van der Waals surface area (Å²) < 4.78 is 5.09. The number of carboxylic acids is 1. The Labute approximate surface area is 149 Å². The SMILES string of the molecule is O=C(N[C@H](Cc1ncnc2ccccc12)C(=O)O)OCc1ccccc1. The van der Waals surface area contributed by atoms with Crippen molar-refractivity contribution in [2.24, 2.45) is 0 Å². The zero-order valence-electron chi connectivity index (χ0n) is 13.8. The van der Waals surface area contributed by atoms with Crippen molar-refractivity contribution in [3.05, 3.63) is 72.2 Å². The lowest BCUT2D eigenvalue weighted by atomic mass is 10.1. The van der Waals surface area contributed by atoms with Gasteiger partial charge in [-0.3, -0.25) is 0 Å². The molecule has 1 heterocycles. The number of alkyl carbamates (subject to hydrolysis) is 1. The number of nitrogens with one attached hydrogen (secondary N) is 1. The van der Waals surface area contributed by atoms with Crippen LogP contribution in [-0.2, 0) is 22.6 Å². The van der Waals surface area contributed by atoms with Gasteiger partial charge in [0.2, 0.25) is 0 Å². The molecule has 0 saturated heterocycles. The molecule has 1 atom stereocenters. The minimum atomic E-state index is -1.16. The number of aromatic nitrogens is 2. The Morgan fingerprint density at radius 1 is 1.04 bits per heavy atom. The molecule has 0 bridgehead atoms. The maximum Gasteiger partial charge on any atom is 0.408 e. The average molecular weight is 351 g/mol. The Morgan fingerprint density at radius 2 is 1.77 bits per heavy atom. The summed E-state index contributed by atoms with van der Waals surface area (Å²) in [6.07, 6.45) is 0.614. The Kier molecular flexibility index (Phi) is 5.38. The number of carbonyl (C=O) groups is 2. The number of rotatable bonds is 6. The summed E-state index contributed by atoms with van der Waals surface area (Å²) in [6, 6.07) is 15.3. The number of nitrogens with zero attached hydrogens (tertiary/aromatic N) is 2. The maximum atomic E-state index is 12.0. The van der Waals surface area contributed by atoms with Crippen LogP contribution in [0.1, 0.15) is 11.3 Å². The number of carbonyl (C=O) groups excluding carboxylic acids is 1. The summed E-state index contributed by atoms with van der Waals surface area (Å²) in [5, 5.41) is 12.6. The number of para-hydroxylation sites is 1. The van der Waals surface area contributed by atoms with Gasteiger partial charge in [-0.1, -0.05) is 48.5 Å². The lowest BCUT2D eigenvalue weighted by molar-refractivity contribution is -0.139. The molecule has 7 nitrogen and oxygen atoms in total. The number of carboxylic acid groups (broad SMARTS) is 1. The van der Waals surface area contributed by atoms with Crippen molar-refractivity contribution >= 4 is 23.0 Å². The molecule has 0 aliphatic carbocycles. The van der Waals surface area contributed by atoms with E-state index in [9.17, 15) is 14.7 Å². The molecule has 26 heavy (non-hydrogen) atoms. The van der Waals surface area contributed by atoms with Crippen molar-refractivity contribution in [3.8, 4) is 0 Å². The quantitative estimate of drug-likeness (QED) is 0.708. The van der Waals surface area contributed by atoms with Gasteiger partial charge < -0.3 is 15.2 Å². The van der Waals surface area contributed by atoms with E-state index in [1.165, 1.54) is 6.33 Å². The number of ether oxygens (including phenoxy) is 1. The van der Waals surface area contributed by atoms with Gasteiger partial charge in [0, 0.05) is 11.8 Å². The second-order valence-electron chi connectivity index (χ2n) is 5.64. The van der Waals surface area contributed by atoms with Crippen molar-refractivity contribution in [2.45, 2.75) is 19.1 Å². The monoisotopic (exact) mass is 351 g/mol. The number of amides is 1. The van der Waals surface area contributed by atoms with Crippen LogP contribution in [0.15, 0.2) is 60.9 Å². The molecule has 3 aromatic rings. The maximum absolute atomic E-state index is 12.0. The van der Waals surface area contributed by atoms with Crippen LogP contribution in [0.4, 0.5) is 4.79 Å². The predicted octanol–water partition coefficient (Wildman–Crippen LogP) is 2.55. The lowest BCUT2D eigenvalue weighted by Crippen LogP contribution is -2.42. The number of hydrogen-bond donors (Lipinski definition) is 2. The Morgan fingerprint density at radius 3 is 2.54 bits per heavy atom. The fourth-order valence-corrected chi connectivity index (χ4v) is 2.52. The first-order valence-electron chi connectivity index (χ1n) is 8.02. The number of fused-ring (bicyclic) bond motifs is 1. The van der Waals surface area contributed by atoms with Crippen molar-refractivity contribution in [3.63, 3.8) is 0 Å². The third-order valence-corrected chi connectivity index (χ3v) is 3.83. The zero-order chi connectivity index (χ0) is 18.4. The van der Waals surface area contributed by atoms with E-state index in [4.69, 9.17) is 4.74 Å². The molecule has 7 heteroatoms. The van der Waals surface area contributed by atoms with Crippen LogP contribution >= 0.6 is 0 Å². The Balaban J connectivity index is 1.67. The molecule has 0 saturated carbocycles. The van der Waals surface area contributed by atoms with Gasteiger partial charge in [0.05, 0.1) is 11.2 Å². The van der Waals surface area contributed by atoms with Crippen LogP contribution in [0.25, 0.3) is 10.9 Å². The van der Waals surface area contributed by atoms with Crippen LogP contribution in [0.2, 0.25) is 0 Å². The molecular weight excluding hydrogens is 334 g/mol. The molecule has 0 fully saturated rings. The van der Waals surface area contributed by atoms with Gasteiger partial charge in [-0.25, -0.2) is 19.6 Å². The third-order valence-electron chi connectivity index (χ3n) is 3.83. The molecule has 0 unspecified atom stereocenters. The molecule has 0 aliphatic heterocycles. The third kappa shape index (κ3) is 4.32. The van der Waals surface area contributed by atoms with Gasteiger partial charge in [-0.2, -0.15) is 0 Å². The molecule has 0 aliphatic rings. The van der Waals surface area contributed by atoms with Gasteiger partial charge in [-0.05, 0) is 11.6 Å². The van der Waals surface area contributed by atoms with Gasteiger partial charge in [0.15, 0.2) is 0 Å². The van der Waals surface area contributed by atoms with Crippen LogP contribution in [0, 0.1) is 0 Å². The summed E-state index contributed by atoms with van der Waals surface area (Å²) in [4.78, 5) is 31.8. The van der Waals surface area contributed by atoms with Gasteiger partial charge >= 0.3 is 12.1 Å². The average Bonchev–Trinajstić information content (AvgIpc) is 2.67. The van der Waals surface area contributed by atoms with Gasteiger partial charge in [-0.15, -0.1) is 0 Å². The Hall–Kier alpha value is -3.48. The highest BCUT2D eigenvalue weighted by atomic mass is 16.5. The van der Waals surface area contributed by atoms with Gasteiger partial charge in [0.25, 0.3) is 0 Å². The van der Waals surface area contributed by atoms with E-state index >= 15 is 0 Å². The van der Waals surface area contributed by atoms with E-state index in [2.05, 4.69) is 15.3 Å². The van der Waals surface area contributed by atoms with E-state index in [-0.39, 0.29) is 13.0 Å². The van der Waals surface area contributed by atoms with Crippen molar-refractivity contribution in [1.82, 2.24) is 15.3 Å². The first-order valence-corrected chi connectivity index (χ1v) is 8.02. The largest absolute Gasteiger partial charge is 0.480 e. The second-order valence-corrected chi connectivity index (χ2v) is 5.64. The topological polar surface area (TPSA) is 101 Å². The molecule has 2 aromatic carbocycles. The molecule has 132 valence electrons. The Bertz CT molecular complexity index is 910. The normalized spacial score (nSPS) is 11.7. The second kappa shape index (κ2) is 8.06. The first-order chi connectivity index (χ1) is 12.6. The van der Waals surface area contributed by atoms with Crippen LogP contribution in [0.3, 0.4) is 0 Å². The van der Waals surface area contributed by atoms with E-state index < -0.39 is 18.1 Å². The lowest BCUT2D eigenvalue weighted by Gasteiger charge is -2.15. The standard InChI is InChI=1S/C19H17N3O4/c23-18(24)17(22-19(25)26-11-13-6-2-1-3-7-13)10-16-14-8-4-5-9-15(14)20-12-21-16/h1-9,12,17H,10-11H2,(H,22,25)(H,23,24)/t17-/m1/s1. The summed E-state index contributed by atoms with van der Waals surface area (Å²) in [7, 11) is 0. The van der Waals surface area contributed by atoms with E-state index in [1.807, 2.05) is 54.6 Å². The molecular formula is C19H17N3O4. The molecule has 2 N–H and O–H groups in total. The number of hydrogen-bond acceptors (Lipinski definition) is 5. The summed E-state index contributed by atoms with van der Waals surface area (Å²) >= 11 is 0. The van der Waals surface area contributed by atoms with Gasteiger partial charge in [0.1, 0.15) is 19.0 Å².